The van der Waals surface area contributed by atoms with E-state index >= 15 is 0 Å². The average Bonchev–Trinajstić information content (AvgIpc) is 2.61. The first-order chi connectivity index (χ1) is 8.74. The number of carbonyl (C=O) groups is 1. The SMILES string of the molecule is [2H][13c]1ccc2c([13c]1[2H])N[13CH]([2H])C2C[13C]([2H])(N)C(=O)O. The molecule has 0 spiro atoms. The first kappa shape index (κ1) is 6.12. The Balaban J connectivity index is 2.36. The number of fused-ring (bicyclic) bond motifs is 1. The summed E-state index contributed by atoms with van der Waals surface area (Å²) >= 11 is 0. The molecule has 4 nitrogen and oxygen atoms in total. The van der Waals surface area contributed by atoms with Gasteiger partial charge in [-0.2, -0.15) is 0 Å². The van der Waals surface area contributed by atoms with Crippen LogP contribution in [0.5, 0.6) is 0 Å². The van der Waals surface area contributed by atoms with E-state index in [0.29, 0.717) is 11.3 Å². The lowest BCUT2D eigenvalue weighted by Gasteiger charge is -2.12. The fraction of sp³-hybridized carbons (Fsp3) is 0.364. The van der Waals surface area contributed by atoms with Gasteiger partial charge in [0, 0.05) is 19.5 Å². The van der Waals surface area contributed by atoms with Crippen molar-refractivity contribution >= 4 is 11.7 Å². The Morgan fingerprint density at radius 3 is 3.53 bits per heavy atom. The standard InChI is InChI=1S/C11H14N2O2/c12-9(11(14)15)5-7-6-13-10-4-2-1-3-8(7)10/h1-4,7,9,13H,5-6,12H2,(H,14,15)/i2+1D,4+1D,6+1D,9+1D. The number of hydrogen-bond donors (Lipinski definition) is 3. The number of rotatable bonds is 3. The van der Waals surface area contributed by atoms with Crippen molar-refractivity contribution < 1.29 is 15.4 Å². The zero-order chi connectivity index (χ0) is 14.4. The van der Waals surface area contributed by atoms with Crippen LogP contribution in [-0.2, 0) is 4.79 Å². The number of hydrogen-bond acceptors (Lipinski definition) is 3. The van der Waals surface area contributed by atoms with Gasteiger partial charge in [-0.1, -0.05) is 18.2 Å². The molecule has 0 radical (unpaired) electrons. The van der Waals surface area contributed by atoms with Gasteiger partial charge in [0.15, 0.2) is 0 Å². The van der Waals surface area contributed by atoms with Crippen LogP contribution >= 0.6 is 0 Å². The van der Waals surface area contributed by atoms with Crippen LogP contribution in [0, 0.1) is 0 Å². The van der Waals surface area contributed by atoms with Gasteiger partial charge >= 0.3 is 5.97 Å². The van der Waals surface area contributed by atoms with Gasteiger partial charge in [-0.25, -0.2) is 0 Å². The van der Waals surface area contributed by atoms with Crippen molar-refractivity contribution in [1.82, 2.24) is 0 Å². The van der Waals surface area contributed by atoms with Crippen molar-refractivity contribution in [1.29, 1.82) is 0 Å². The molecule has 1 aliphatic heterocycles. The maximum Gasteiger partial charge on any atom is 0.320 e. The number of para-hydroxylation sites is 1. The number of aliphatic carboxylic acids is 1. The smallest absolute Gasteiger partial charge is 0.320 e. The number of carboxylic acid groups (broad SMARTS) is 1. The molecule has 15 heavy (non-hydrogen) atoms. The molecule has 4 heteroatoms. The summed E-state index contributed by atoms with van der Waals surface area (Å²) < 4.78 is 30.7. The highest BCUT2D eigenvalue weighted by molar-refractivity contribution is 5.73. The van der Waals surface area contributed by atoms with E-state index in [-0.39, 0.29) is 18.5 Å². The molecule has 3 unspecified atom stereocenters. The number of nitrogens with one attached hydrogen (secondary N) is 1. The van der Waals surface area contributed by atoms with E-state index in [4.69, 9.17) is 16.3 Å². The number of anilines is 1. The minimum Gasteiger partial charge on any atom is -0.480 e. The van der Waals surface area contributed by atoms with Crippen LogP contribution in [0.3, 0.4) is 0 Å². The fourth-order valence-corrected chi connectivity index (χ4v) is 1.60. The zero-order valence-corrected chi connectivity index (χ0v) is 7.95. The Kier molecular flexibility index (Phi) is 1.59. The molecule has 1 aromatic rings. The van der Waals surface area contributed by atoms with Crippen molar-refractivity contribution in [2.24, 2.45) is 5.73 Å². The Hall–Kier alpha value is -1.55. The molecule has 0 amide bonds. The van der Waals surface area contributed by atoms with Crippen LogP contribution in [0.1, 0.15) is 23.4 Å². The van der Waals surface area contributed by atoms with Crippen LogP contribution in [0.2, 0.25) is 0 Å². The Morgan fingerprint density at radius 2 is 2.80 bits per heavy atom. The lowest BCUT2D eigenvalue weighted by atomic mass is 10.1. The van der Waals surface area contributed by atoms with Gasteiger partial charge in [-0.3, -0.25) is 4.79 Å². The summed E-state index contributed by atoms with van der Waals surface area (Å²) in [6, 6.07) is 0.841. The Bertz CT molecular complexity index is 536. The van der Waals surface area contributed by atoms with Gasteiger partial charge in [0.2, 0.25) is 0 Å². The maximum atomic E-state index is 10.9. The normalized spacial score (nSPS) is 31.3. The summed E-state index contributed by atoms with van der Waals surface area (Å²) in [5.74, 6) is -2.03. The topological polar surface area (TPSA) is 75.3 Å². The molecule has 0 saturated heterocycles. The second kappa shape index (κ2) is 3.90. The van der Waals surface area contributed by atoms with Gasteiger partial charge in [0.1, 0.15) is 6.02 Å². The largest absolute Gasteiger partial charge is 0.480 e. The van der Waals surface area contributed by atoms with Gasteiger partial charge < -0.3 is 16.2 Å². The lowest BCUT2D eigenvalue weighted by molar-refractivity contribution is -0.138. The monoisotopic (exact) mass is 214 g/mol. The Labute approximate surface area is 93.7 Å². The van der Waals surface area contributed by atoms with Crippen LogP contribution in [0.15, 0.2) is 24.2 Å². The van der Waals surface area contributed by atoms with E-state index < -0.39 is 24.4 Å². The molecule has 0 bridgehead atoms. The molecule has 2 rings (SSSR count). The molecule has 0 fully saturated rings. The summed E-state index contributed by atoms with van der Waals surface area (Å²) in [5, 5.41) is 11.6. The van der Waals surface area contributed by atoms with Crippen LogP contribution < -0.4 is 11.1 Å². The van der Waals surface area contributed by atoms with E-state index in [0.717, 1.165) is 0 Å². The summed E-state index contributed by atoms with van der Waals surface area (Å²) in [4.78, 5) is 10.9. The third-order valence-corrected chi connectivity index (χ3v) is 2.37. The molecule has 0 aromatic heterocycles. The zero-order valence-electron chi connectivity index (χ0n) is 11.9. The molecule has 1 aliphatic rings. The molecule has 0 aliphatic carbocycles. The van der Waals surface area contributed by atoms with Crippen molar-refractivity contribution in [2.75, 3.05) is 11.8 Å². The van der Waals surface area contributed by atoms with Crippen LogP contribution in [0.4, 0.5) is 5.69 Å². The molecule has 0 saturated carbocycles. The molecule has 1 heterocycles. The van der Waals surface area contributed by atoms with Crippen LogP contribution in [0.25, 0.3) is 0 Å². The second-order valence-corrected chi connectivity index (χ2v) is 3.39. The first-order valence-electron chi connectivity index (χ1n) is 6.63. The summed E-state index contributed by atoms with van der Waals surface area (Å²) in [6.07, 6.45) is -0.229. The molecule has 4 N–H and O–H groups in total. The van der Waals surface area contributed by atoms with Gasteiger partial charge in [0.05, 0.1) is 4.11 Å². The predicted molar refractivity (Wildman–Crippen MR) is 57.9 cm³/mol. The van der Waals surface area contributed by atoms with Gasteiger partial charge in [-0.15, -0.1) is 0 Å². The van der Waals surface area contributed by atoms with E-state index in [1.54, 1.807) is 6.07 Å². The molecule has 80 valence electrons. The van der Waals surface area contributed by atoms with Gasteiger partial charge in [-0.05, 0) is 18.0 Å². The van der Waals surface area contributed by atoms with E-state index in [1.807, 2.05) is 0 Å². The maximum absolute atomic E-state index is 10.9. The van der Waals surface area contributed by atoms with Gasteiger partial charge in [0.25, 0.3) is 0 Å². The fourth-order valence-electron chi connectivity index (χ4n) is 1.60. The summed E-state index contributed by atoms with van der Waals surface area (Å²) in [5.41, 5.74) is 6.33. The van der Waals surface area contributed by atoms with Crippen molar-refractivity contribution in [3.05, 3.63) is 29.8 Å². The first-order valence-corrected chi connectivity index (χ1v) is 4.55. The number of carboxylic acids is 1. The van der Waals surface area contributed by atoms with E-state index in [2.05, 4.69) is 5.32 Å². The predicted octanol–water partition coefficient (Wildman–Crippen LogP) is 0.998. The number of nitrogens with two attached hydrogens (primary N) is 1. The highest BCUT2D eigenvalue weighted by atomic mass is 16.4. The highest BCUT2D eigenvalue weighted by Crippen LogP contribution is 2.33. The lowest BCUT2D eigenvalue weighted by Crippen LogP contribution is -2.32. The minimum atomic E-state index is -2.17. The highest BCUT2D eigenvalue weighted by Gasteiger charge is 2.25. The summed E-state index contributed by atoms with van der Waals surface area (Å²) in [6.45, 7) is -0.867. The van der Waals surface area contributed by atoms with E-state index in [9.17, 15) is 4.79 Å². The average molecular weight is 214 g/mol. The molecular weight excluding hydrogens is 196 g/mol. The van der Waals surface area contributed by atoms with Crippen molar-refractivity contribution in [3.8, 4) is 0 Å². The number of benzene rings is 1. The minimum absolute atomic E-state index is 0.0276. The quantitative estimate of drug-likeness (QED) is 0.656. The van der Waals surface area contributed by atoms with Crippen LogP contribution in [-0.4, -0.2) is 23.6 Å². The Morgan fingerprint density at radius 1 is 2.00 bits per heavy atom. The molecule has 3 atom stereocenters. The van der Waals surface area contributed by atoms with Crippen molar-refractivity contribution in [3.63, 3.8) is 0 Å². The third kappa shape index (κ3) is 1.94. The van der Waals surface area contributed by atoms with E-state index in [1.165, 1.54) is 6.07 Å². The molecule has 1 aromatic carbocycles. The second-order valence-electron chi connectivity index (χ2n) is 3.39. The van der Waals surface area contributed by atoms with Crippen molar-refractivity contribution in [2.45, 2.75) is 18.4 Å². The molecular formula is C11H14N2O2. The summed E-state index contributed by atoms with van der Waals surface area (Å²) in [7, 11) is 0. The third-order valence-electron chi connectivity index (χ3n) is 2.37.